The molecular weight excluding hydrogens is 328 g/mol. The summed E-state index contributed by atoms with van der Waals surface area (Å²) in [5.41, 5.74) is -0.199. The molecule has 2 heterocycles. The molecular formula is C15H12F4N4O. The molecule has 0 amide bonds. The van der Waals surface area contributed by atoms with Crippen LogP contribution in [0.3, 0.4) is 0 Å². The minimum absolute atomic E-state index is 0.143. The van der Waals surface area contributed by atoms with E-state index in [-0.39, 0.29) is 11.7 Å². The van der Waals surface area contributed by atoms with Crippen LogP contribution in [-0.2, 0) is 12.6 Å². The zero-order chi connectivity index (χ0) is 17.3. The zero-order valence-electron chi connectivity index (χ0n) is 12.5. The lowest BCUT2D eigenvalue weighted by molar-refractivity contribution is -0.141. The maximum Gasteiger partial charge on any atom is 0.435 e. The predicted octanol–water partition coefficient (Wildman–Crippen LogP) is 3.62. The molecule has 0 N–H and O–H groups in total. The topological polar surface area (TPSA) is 56.7 Å². The zero-order valence-corrected chi connectivity index (χ0v) is 12.5. The van der Waals surface area contributed by atoms with Gasteiger partial charge in [0.15, 0.2) is 11.5 Å². The highest BCUT2D eigenvalue weighted by Gasteiger charge is 2.34. The molecule has 0 saturated heterocycles. The molecule has 3 aromatic rings. The summed E-state index contributed by atoms with van der Waals surface area (Å²) in [5.74, 6) is 0.149. The van der Waals surface area contributed by atoms with Crippen LogP contribution in [0, 0.1) is 5.82 Å². The largest absolute Gasteiger partial charge is 0.435 e. The first-order valence-corrected chi connectivity index (χ1v) is 7.02. The Hall–Kier alpha value is -2.71. The normalized spacial score (nSPS) is 13.2. The number of hydrogen-bond acceptors (Lipinski definition) is 4. The summed E-state index contributed by atoms with van der Waals surface area (Å²) in [6.45, 7) is 1.60. The molecule has 0 saturated carbocycles. The second-order valence-electron chi connectivity index (χ2n) is 5.21. The second kappa shape index (κ2) is 6.06. The van der Waals surface area contributed by atoms with Gasteiger partial charge in [0, 0.05) is 12.6 Å². The van der Waals surface area contributed by atoms with Gasteiger partial charge in [0.1, 0.15) is 11.9 Å². The van der Waals surface area contributed by atoms with Crippen LogP contribution in [0.4, 0.5) is 17.6 Å². The monoisotopic (exact) mass is 340 g/mol. The van der Waals surface area contributed by atoms with Gasteiger partial charge in [-0.15, -0.1) is 0 Å². The molecule has 2 aromatic heterocycles. The molecule has 1 unspecified atom stereocenters. The molecule has 0 aliphatic carbocycles. The van der Waals surface area contributed by atoms with Gasteiger partial charge in [0.25, 0.3) is 5.89 Å². The van der Waals surface area contributed by atoms with Gasteiger partial charge in [-0.05, 0) is 30.7 Å². The first-order valence-electron chi connectivity index (χ1n) is 7.02. The van der Waals surface area contributed by atoms with Gasteiger partial charge in [0.05, 0.1) is 0 Å². The summed E-state index contributed by atoms with van der Waals surface area (Å²) in [6.07, 6.45) is -2.98. The highest BCUT2D eigenvalue weighted by molar-refractivity contribution is 5.19. The van der Waals surface area contributed by atoms with Gasteiger partial charge < -0.3 is 4.52 Å². The number of rotatable bonds is 4. The van der Waals surface area contributed by atoms with Crippen molar-refractivity contribution in [3.63, 3.8) is 0 Å². The SMILES string of the molecule is CC(c1nc(Cc2ccc(F)cc2)no1)n1ccc(C(F)(F)F)n1. The van der Waals surface area contributed by atoms with Crippen LogP contribution < -0.4 is 0 Å². The lowest BCUT2D eigenvalue weighted by atomic mass is 10.1. The third kappa shape index (κ3) is 3.44. The van der Waals surface area contributed by atoms with Gasteiger partial charge in [-0.2, -0.15) is 23.3 Å². The fourth-order valence-electron chi connectivity index (χ4n) is 2.11. The summed E-state index contributed by atoms with van der Waals surface area (Å²) in [6, 6.07) is 6.07. The Balaban J connectivity index is 1.74. The van der Waals surface area contributed by atoms with Crippen LogP contribution in [-0.4, -0.2) is 19.9 Å². The summed E-state index contributed by atoms with van der Waals surface area (Å²) in [7, 11) is 0. The Labute approximate surface area is 133 Å². The van der Waals surface area contributed by atoms with Crippen molar-refractivity contribution >= 4 is 0 Å². The van der Waals surface area contributed by atoms with Crippen LogP contribution in [0.2, 0.25) is 0 Å². The molecule has 1 atom stereocenters. The van der Waals surface area contributed by atoms with E-state index < -0.39 is 17.9 Å². The Morgan fingerprint density at radius 3 is 2.50 bits per heavy atom. The van der Waals surface area contributed by atoms with Crippen molar-refractivity contribution in [1.29, 1.82) is 0 Å². The number of nitrogens with zero attached hydrogens (tertiary/aromatic N) is 4. The van der Waals surface area contributed by atoms with Crippen molar-refractivity contribution in [1.82, 2.24) is 19.9 Å². The van der Waals surface area contributed by atoms with Crippen LogP contribution in [0.1, 0.15) is 35.9 Å². The average molecular weight is 340 g/mol. The van der Waals surface area contributed by atoms with E-state index in [2.05, 4.69) is 15.2 Å². The predicted molar refractivity (Wildman–Crippen MR) is 74.5 cm³/mol. The summed E-state index contributed by atoms with van der Waals surface area (Å²) in [4.78, 5) is 4.16. The summed E-state index contributed by atoms with van der Waals surface area (Å²) >= 11 is 0. The van der Waals surface area contributed by atoms with E-state index in [0.717, 1.165) is 16.3 Å². The lowest BCUT2D eigenvalue weighted by Crippen LogP contribution is -2.11. The second-order valence-corrected chi connectivity index (χ2v) is 5.21. The van der Waals surface area contributed by atoms with Crippen molar-refractivity contribution in [3.05, 3.63) is 65.3 Å². The van der Waals surface area contributed by atoms with Crippen molar-refractivity contribution in [2.75, 3.05) is 0 Å². The maximum atomic E-state index is 12.9. The standard InChI is InChI=1S/C15H12F4N4O/c1-9(23-7-6-12(21-23)15(17,18)19)14-20-13(22-24-14)8-10-2-4-11(16)5-3-10/h2-7,9H,8H2,1H3. The van der Waals surface area contributed by atoms with Crippen molar-refractivity contribution < 1.29 is 22.1 Å². The minimum Gasteiger partial charge on any atom is -0.337 e. The molecule has 0 fully saturated rings. The third-order valence-corrected chi connectivity index (χ3v) is 3.41. The smallest absolute Gasteiger partial charge is 0.337 e. The van der Waals surface area contributed by atoms with Crippen molar-refractivity contribution in [2.24, 2.45) is 0 Å². The first kappa shape index (κ1) is 16.2. The van der Waals surface area contributed by atoms with E-state index in [1.807, 2.05) is 0 Å². The fourth-order valence-corrected chi connectivity index (χ4v) is 2.11. The molecule has 24 heavy (non-hydrogen) atoms. The number of hydrogen-bond donors (Lipinski definition) is 0. The third-order valence-electron chi connectivity index (χ3n) is 3.41. The molecule has 126 valence electrons. The summed E-state index contributed by atoms with van der Waals surface area (Å²) < 4.78 is 56.8. The molecule has 0 spiro atoms. The molecule has 5 nitrogen and oxygen atoms in total. The van der Waals surface area contributed by atoms with Crippen molar-refractivity contribution in [3.8, 4) is 0 Å². The van der Waals surface area contributed by atoms with E-state index in [1.54, 1.807) is 19.1 Å². The molecule has 0 bridgehead atoms. The number of halogens is 4. The quantitative estimate of drug-likeness (QED) is 0.681. The minimum atomic E-state index is -4.51. The van der Waals surface area contributed by atoms with Crippen LogP contribution in [0.15, 0.2) is 41.1 Å². The highest BCUT2D eigenvalue weighted by atomic mass is 19.4. The number of benzene rings is 1. The molecule has 0 aliphatic rings. The van der Waals surface area contributed by atoms with Gasteiger partial charge in [-0.3, -0.25) is 4.68 Å². The Morgan fingerprint density at radius 1 is 1.17 bits per heavy atom. The van der Waals surface area contributed by atoms with E-state index >= 15 is 0 Å². The van der Waals surface area contributed by atoms with Gasteiger partial charge in [-0.25, -0.2) is 4.39 Å². The highest BCUT2D eigenvalue weighted by Crippen LogP contribution is 2.28. The number of alkyl halides is 3. The summed E-state index contributed by atoms with van der Waals surface area (Å²) in [5, 5.41) is 7.28. The van der Waals surface area contributed by atoms with Gasteiger partial charge in [0.2, 0.25) is 0 Å². The van der Waals surface area contributed by atoms with E-state index in [0.29, 0.717) is 12.2 Å². The molecule has 0 radical (unpaired) electrons. The molecule has 3 rings (SSSR count). The van der Waals surface area contributed by atoms with Crippen LogP contribution >= 0.6 is 0 Å². The number of aromatic nitrogens is 4. The van der Waals surface area contributed by atoms with Crippen LogP contribution in [0.5, 0.6) is 0 Å². The van der Waals surface area contributed by atoms with Crippen LogP contribution in [0.25, 0.3) is 0 Å². The Morgan fingerprint density at radius 2 is 1.88 bits per heavy atom. The first-order chi connectivity index (χ1) is 11.3. The maximum absolute atomic E-state index is 12.9. The average Bonchev–Trinajstić information content (AvgIpc) is 3.18. The Kier molecular flexibility index (Phi) is 4.08. The van der Waals surface area contributed by atoms with Gasteiger partial charge in [-0.1, -0.05) is 17.3 Å². The van der Waals surface area contributed by atoms with Gasteiger partial charge >= 0.3 is 6.18 Å². The van der Waals surface area contributed by atoms with Crippen molar-refractivity contribution in [2.45, 2.75) is 25.6 Å². The lowest BCUT2D eigenvalue weighted by Gasteiger charge is -2.07. The molecule has 0 aliphatic heterocycles. The van der Waals surface area contributed by atoms with E-state index in [1.165, 1.54) is 18.3 Å². The molecule has 9 heteroatoms. The Bertz CT molecular complexity index is 823. The fraction of sp³-hybridized carbons (Fsp3) is 0.267. The van der Waals surface area contributed by atoms with E-state index in [4.69, 9.17) is 4.52 Å². The molecule has 1 aromatic carbocycles. The van der Waals surface area contributed by atoms with E-state index in [9.17, 15) is 17.6 Å².